The number of nitrogens with one attached hydrogen (secondary N) is 2. The Morgan fingerprint density at radius 3 is 2.56 bits per heavy atom. The highest BCUT2D eigenvalue weighted by atomic mass is 35.5. The third-order valence-corrected chi connectivity index (χ3v) is 6.28. The third-order valence-electron chi connectivity index (χ3n) is 6.04. The Morgan fingerprint density at radius 1 is 1.19 bits per heavy atom. The second-order valence-electron chi connectivity index (χ2n) is 8.23. The Bertz CT molecular complexity index is 1250. The molecule has 32 heavy (non-hydrogen) atoms. The molecule has 9 heteroatoms. The number of nitrogens with two attached hydrogens (primary N) is 1. The highest BCUT2D eigenvalue weighted by molar-refractivity contribution is 6.30. The van der Waals surface area contributed by atoms with Gasteiger partial charge in [0.1, 0.15) is 5.69 Å². The van der Waals surface area contributed by atoms with Gasteiger partial charge in [0.15, 0.2) is 0 Å². The molecule has 2 aromatic carbocycles. The number of rotatable bonds is 4. The number of amides is 3. The first-order valence-corrected chi connectivity index (χ1v) is 10.6. The van der Waals surface area contributed by atoms with Gasteiger partial charge >= 0.3 is 6.03 Å². The summed E-state index contributed by atoms with van der Waals surface area (Å²) >= 11 is 6.16. The minimum atomic E-state index is -0.582. The average molecular weight is 449 g/mol. The van der Waals surface area contributed by atoms with Gasteiger partial charge in [0.25, 0.3) is 5.91 Å². The molecule has 0 atom stereocenters. The predicted molar refractivity (Wildman–Crippen MR) is 122 cm³/mol. The Balaban J connectivity index is 1.50. The summed E-state index contributed by atoms with van der Waals surface area (Å²) in [6, 6.07) is 13.9. The third kappa shape index (κ3) is 3.42. The number of carbonyl (C=O) groups excluding carboxylic acids is 2. The second-order valence-corrected chi connectivity index (χ2v) is 8.67. The molecule has 1 aliphatic heterocycles. The van der Waals surface area contributed by atoms with Crippen molar-refractivity contribution >= 4 is 35.4 Å². The number of nitrogens with zero attached hydrogens (tertiary/aromatic N) is 3. The first-order chi connectivity index (χ1) is 15.4. The van der Waals surface area contributed by atoms with Gasteiger partial charge in [-0.3, -0.25) is 9.48 Å². The minimum Gasteiger partial charge on any atom is -0.365 e. The molecule has 1 fully saturated rings. The van der Waals surface area contributed by atoms with E-state index in [1.807, 2.05) is 10.7 Å². The van der Waals surface area contributed by atoms with Crippen LogP contribution in [0.3, 0.4) is 0 Å². The zero-order chi connectivity index (χ0) is 22.5. The van der Waals surface area contributed by atoms with E-state index in [2.05, 4.69) is 5.32 Å². The van der Waals surface area contributed by atoms with Crippen molar-refractivity contribution in [2.45, 2.75) is 24.9 Å². The number of hydrogen-bond donors (Lipinski definition) is 3. The molecule has 3 amide bonds. The molecule has 1 saturated carbocycles. The number of primary amides is 1. The largest absolute Gasteiger partial charge is 0.365 e. The number of carbonyl (C=O) groups is 2. The second kappa shape index (κ2) is 7.49. The van der Waals surface area contributed by atoms with E-state index in [4.69, 9.17) is 27.8 Å². The van der Waals surface area contributed by atoms with Crippen LogP contribution < -0.4 is 11.1 Å². The zero-order valence-corrected chi connectivity index (χ0v) is 17.9. The van der Waals surface area contributed by atoms with Gasteiger partial charge in [-0.15, -0.1) is 0 Å². The fraction of sp³-hybridized carbons (Fsp3) is 0.217. The van der Waals surface area contributed by atoms with Crippen molar-refractivity contribution in [1.29, 1.82) is 5.41 Å². The van der Waals surface area contributed by atoms with Crippen LogP contribution in [0.2, 0.25) is 5.02 Å². The first kappa shape index (κ1) is 20.3. The van der Waals surface area contributed by atoms with Crippen LogP contribution in [0.5, 0.6) is 0 Å². The van der Waals surface area contributed by atoms with E-state index < -0.39 is 5.91 Å². The maximum atomic E-state index is 13.1. The molecule has 8 nitrogen and oxygen atoms in total. The van der Waals surface area contributed by atoms with E-state index in [9.17, 15) is 9.59 Å². The number of urea groups is 1. The van der Waals surface area contributed by atoms with Gasteiger partial charge in [-0.1, -0.05) is 35.9 Å². The summed E-state index contributed by atoms with van der Waals surface area (Å²) in [6.45, 7) is 0.720. The molecule has 0 radical (unpaired) electrons. The van der Waals surface area contributed by atoms with Crippen LogP contribution in [0.25, 0.3) is 11.3 Å². The lowest BCUT2D eigenvalue weighted by molar-refractivity contribution is 0.0996. The highest BCUT2D eigenvalue weighted by Crippen LogP contribution is 2.49. The molecule has 4 N–H and O–H groups in total. The average Bonchev–Trinajstić information content (AvgIpc) is 3.42. The molecule has 0 bridgehead atoms. The summed E-state index contributed by atoms with van der Waals surface area (Å²) in [4.78, 5) is 27.2. The summed E-state index contributed by atoms with van der Waals surface area (Å²) in [6.07, 6.45) is 2.98. The fourth-order valence-electron chi connectivity index (χ4n) is 4.27. The molecule has 162 valence electrons. The van der Waals surface area contributed by atoms with E-state index in [1.54, 1.807) is 47.4 Å². The fourth-order valence-corrected chi connectivity index (χ4v) is 4.46. The quantitative estimate of drug-likeness (QED) is 0.526. The van der Waals surface area contributed by atoms with Crippen LogP contribution in [-0.4, -0.2) is 39.4 Å². The van der Waals surface area contributed by atoms with E-state index in [0.29, 0.717) is 39.8 Å². The van der Waals surface area contributed by atoms with Crippen LogP contribution in [0.4, 0.5) is 10.5 Å². The van der Waals surface area contributed by atoms with Crippen LogP contribution in [0, 0.1) is 5.41 Å². The molecule has 2 heterocycles. The molecule has 0 unspecified atom stereocenters. The Kier molecular flexibility index (Phi) is 4.74. The molecule has 1 aromatic heterocycles. The Hall–Kier alpha value is -3.65. The van der Waals surface area contributed by atoms with Crippen molar-refractivity contribution < 1.29 is 9.59 Å². The van der Waals surface area contributed by atoms with Crippen molar-refractivity contribution in [3.8, 4) is 11.3 Å². The highest BCUT2D eigenvalue weighted by Gasteiger charge is 2.52. The molecule has 2 aliphatic rings. The van der Waals surface area contributed by atoms with Crippen LogP contribution in [0.15, 0.2) is 48.5 Å². The topological polar surface area (TPSA) is 117 Å². The van der Waals surface area contributed by atoms with Crippen molar-refractivity contribution in [2.75, 3.05) is 11.9 Å². The van der Waals surface area contributed by atoms with E-state index in [0.717, 1.165) is 18.4 Å². The van der Waals surface area contributed by atoms with Crippen LogP contribution >= 0.6 is 11.6 Å². The number of anilines is 1. The smallest absolute Gasteiger partial charge is 0.322 e. The van der Waals surface area contributed by atoms with Crippen molar-refractivity contribution in [1.82, 2.24) is 14.7 Å². The summed E-state index contributed by atoms with van der Waals surface area (Å²) in [7, 11) is 0. The number of benzene rings is 2. The molecule has 5 rings (SSSR count). The zero-order valence-electron chi connectivity index (χ0n) is 17.1. The van der Waals surface area contributed by atoms with Gasteiger partial charge in [0, 0.05) is 29.0 Å². The minimum absolute atomic E-state index is 0.220. The van der Waals surface area contributed by atoms with Gasteiger partial charge in [0.05, 0.1) is 23.3 Å². The molecular formula is C23H21ClN6O2. The van der Waals surface area contributed by atoms with Crippen LogP contribution in [-0.2, 0) is 12.1 Å². The van der Waals surface area contributed by atoms with E-state index in [-0.39, 0.29) is 18.1 Å². The van der Waals surface area contributed by atoms with Crippen molar-refractivity contribution in [3.63, 3.8) is 0 Å². The normalized spacial score (nSPS) is 15.8. The summed E-state index contributed by atoms with van der Waals surface area (Å²) in [5.41, 5.74) is 9.02. The lowest BCUT2D eigenvalue weighted by atomic mass is 10.0. The lowest BCUT2D eigenvalue weighted by Gasteiger charge is -2.34. The SMILES string of the molecule is N=Cc1ccc(NC(=O)N2Cc3c(C(N)=O)c(-c4cccc(Cl)c4)nn3C3(CC3)C2)cc1. The molecule has 0 saturated heterocycles. The van der Waals surface area contributed by atoms with Gasteiger partial charge in [-0.2, -0.15) is 5.10 Å². The Morgan fingerprint density at radius 2 is 1.94 bits per heavy atom. The van der Waals surface area contributed by atoms with Gasteiger partial charge in [-0.25, -0.2) is 4.79 Å². The first-order valence-electron chi connectivity index (χ1n) is 10.2. The van der Waals surface area contributed by atoms with Crippen molar-refractivity contribution in [2.24, 2.45) is 5.73 Å². The van der Waals surface area contributed by atoms with E-state index >= 15 is 0 Å². The number of halogens is 1. The summed E-state index contributed by atoms with van der Waals surface area (Å²) < 4.78 is 1.89. The molecule has 1 aliphatic carbocycles. The van der Waals surface area contributed by atoms with Gasteiger partial charge < -0.3 is 21.4 Å². The number of hydrogen-bond acceptors (Lipinski definition) is 4. The van der Waals surface area contributed by atoms with E-state index in [1.165, 1.54) is 6.21 Å². The van der Waals surface area contributed by atoms with Crippen LogP contribution in [0.1, 0.15) is 34.5 Å². The summed E-state index contributed by atoms with van der Waals surface area (Å²) in [5, 5.41) is 15.5. The Labute approximate surface area is 189 Å². The monoisotopic (exact) mass is 448 g/mol. The maximum Gasteiger partial charge on any atom is 0.322 e. The van der Waals surface area contributed by atoms with Gasteiger partial charge in [0.2, 0.25) is 0 Å². The number of aromatic nitrogens is 2. The molecule has 1 spiro atoms. The van der Waals surface area contributed by atoms with Gasteiger partial charge in [-0.05, 0) is 42.7 Å². The predicted octanol–water partition coefficient (Wildman–Crippen LogP) is 3.84. The molecule has 3 aromatic rings. The molecular weight excluding hydrogens is 428 g/mol. The lowest BCUT2D eigenvalue weighted by Crippen LogP contribution is -2.47. The standard InChI is InChI=1S/C23H21ClN6O2/c24-16-3-1-2-15(10-16)20-19(21(26)31)18-12-29(13-23(8-9-23)30(18)28-20)22(32)27-17-6-4-14(11-25)5-7-17/h1-7,10-11,25H,8-9,12-13H2,(H2,26,31)(H,27,32). The maximum absolute atomic E-state index is 13.1. The summed E-state index contributed by atoms with van der Waals surface area (Å²) in [5.74, 6) is -0.582. The van der Waals surface area contributed by atoms with Crippen molar-refractivity contribution in [3.05, 3.63) is 70.4 Å². The number of fused-ring (bicyclic) bond motifs is 2.